The first-order chi connectivity index (χ1) is 11.9. The van der Waals surface area contributed by atoms with Gasteiger partial charge in [-0.05, 0) is 50.4 Å². The van der Waals surface area contributed by atoms with Crippen molar-refractivity contribution in [1.29, 1.82) is 0 Å². The molecule has 1 amide bonds. The lowest BCUT2D eigenvalue weighted by atomic mass is 10.1. The summed E-state index contributed by atoms with van der Waals surface area (Å²) in [5.41, 5.74) is 1.14. The highest BCUT2D eigenvalue weighted by molar-refractivity contribution is 7.89. The minimum absolute atomic E-state index is 0.108. The van der Waals surface area contributed by atoms with Crippen LogP contribution in [0.2, 0.25) is 0 Å². The molecule has 0 radical (unpaired) electrons. The van der Waals surface area contributed by atoms with Gasteiger partial charge in [-0.2, -0.15) is 0 Å². The largest absolute Gasteiger partial charge is 0.459 e. The van der Waals surface area contributed by atoms with Crippen molar-refractivity contribution in [3.63, 3.8) is 0 Å². The summed E-state index contributed by atoms with van der Waals surface area (Å²) < 4.78 is 31.4. The number of carbonyl (C=O) groups excluding carboxylic acids is 1. The van der Waals surface area contributed by atoms with E-state index in [0.29, 0.717) is 11.3 Å². The van der Waals surface area contributed by atoms with Gasteiger partial charge in [-0.15, -0.1) is 0 Å². The Morgan fingerprint density at radius 2 is 1.76 bits per heavy atom. The third-order valence-corrected chi connectivity index (χ3v) is 5.34. The summed E-state index contributed by atoms with van der Waals surface area (Å²) >= 11 is 0. The van der Waals surface area contributed by atoms with Crippen molar-refractivity contribution < 1.29 is 17.6 Å². The summed E-state index contributed by atoms with van der Waals surface area (Å²) in [7, 11) is -2.18. The highest BCUT2D eigenvalue weighted by atomic mass is 32.2. The Hall–Kier alpha value is -2.64. The molecule has 1 heterocycles. The molecule has 0 saturated heterocycles. The summed E-state index contributed by atoms with van der Waals surface area (Å²) in [6, 6.07) is 14.9. The minimum Gasteiger partial charge on any atom is -0.459 e. The number of carbonyl (C=O) groups is 1. The Bertz CT molecular complexity index is 974. The molecule has 2 aromatic carbocycles. The van der Waals surface area contributed by atoms with E-state index in [1.165, 1.54) is 31.3 Å². The molecule has 7 heteroatoms. The van der Waals surface area contributed by atoms with Crippen LogP contribution in [-0.4, -0.2) is 21.4 Å². The van der Waals surface area contributed by atoms with Crippen molar-refractivity contribution in [2.75, 3.05) is 7.05 Å². The van der Waals surface area contributed by atoms with Gasteiger partial charge in [-0.3, -0.25) is 4.79 Å². The van der Waals surface area contributed by atoms with Gasteiger partial charge in [0.2, 0.25) is 10.0 Å². The Balaban J connectivity index is 1.75. The second-order valence-electron chi connectivity index (χ2n) is 5.61. The summed E-state index contributed by atoms with van der Waals surface area (Å²) in [4.78, 5) is 12.5. The lowest BCUT2D eigenvalue weighted by molar-refractivity contribution is 0.0935. The van der Waals surface area contributed by atoms with E-state index in [1.807, 2.05) is 37.3 Å². The third kappa shape index (κ3) is 3.57. The average molecular weight is 358 g/mol. The van der Waals surface area contributed by atoms with Crippen LogP contribution in [0.5, 0.6) is 0 Å². The van der Waals surface area contributed by atoms with Crippen LogP contribution in [0.4, 0.5) is 0 Å². The molecule has 0 aliphatic heterocycles. The molecule has 0 unspecified atom stereocenters. The van der Waals surface area contributed by atoms with Crippen molar-refractivity contribution in [1.82, 2.24) is 10.0 Å². The number of benzene rings is 2. The van der Waals surface area contributed by atoms with Gasteiger partial charge in [0.05, 0.1) is 10.9 Å². The molecule has 0 spiro atoms. The molecule has 25 heavy (non-hydrogen) atoms. The SMILES string of the molecule is CNS(=O)(=O)c1ccc(C(=O)N[C@H](C)c2cc3ccccc3o2)cc1. The monoisotopic (exact) mass is 358 g/mol. The molecule has 1 aromatic heterocycles. The number of hydrogen-bond acceptors (Lipinski definition) is 4. The van der Waals surface area contributed by atoms with Gasteiger partial charge in [-0.1, -0.05) is 18.2 Å². The van der Waals surface area contributed by atoms with Gasteiger partial charge in [-0.25, -0.2) is 13.1 Å². The normalized spacial score (nSPS) is 12.9. The van der Waals surface area contributed by atoms with Gasteiger partial charge < -0.3 is 9.73 Å². The molecular weight excluding hydrogens is 340 g/mol. The van der Waals surface area contributed by atoms with Gasteiger partial charge in [0.15, 0.2) is 0 Å². The fraction of sp³-hybridized carbons (Fsp3) is 0.167. The maximum absolute atomic E-state index is 12.4. The zero-order valence-corrected chi connectivity index (χ0v) is 14.6. The zero-order chi connectivity index (χ0) is 18.0. The van der Waals surface area contributed by atoms with Crippen LogP contribution >= 0.6 is 0 Å². The van der Waals surface area contributed by atoms with E-state index in [0.717, 1.165) is 11.0 Å². The summed E-state index contributed by atoms with van der Waals surface area (Å²) in [6.07, 6.45) is 0. The Labute approximate surface area is 145 Å². The summed E-state index contributed by atoms with van der Waals surface area (Å²) in [6.45, 7) is 1.83. The smallest absolute Gasteiger partial charge is 0.251 e. The number of para-hydroxylation sites is 1. The van der Waals surface area contributed by atoms with Crippen molar-refractivity contribution in [3.05, 3.63) is 65.9 Å². The van der Waals surface area contributed by atoms with Gasteiger partial charge in [0, 0.05) is 10.9 Å². The minimum atomic E-state index is -3.52. The van der Waals surface area contributed by atoms with Crippen molar-refractivity contribution in [2.24, 2.45) is 0 Å². The van der Waals surface area contributed by atoms with E-state index in [9.17, 15) is 13.2 Å². The molecule has 1 atom stereocenters. The van der Waals surface area contributed by atoms with Gasteiger partial charge in [0.1, 0.15) is 11.3 Å². The highest BCUT2D eigenvalue weighted by Gasteiger charge is 2.16. The molecule has 0 fully saturated rings. The number of sulfonamides is 1. The van der Waals surface area contributed by atoms with Crippen LogP contribution in [0, 0.1) is 0 Å². The Kier molecular flexibility index (Phi) is 4.61. The number of rotatable bonds is 5. The average Bonchev–Trinajstić information content (AvgIpc) is 3.06. The second kappa shape index (κ2) is 6.70. The van der Waals surface area contributed by atoms with Crippen LogP contribution in [0.1, 0.15) is 29.1 Å². The lowest BCUT2D eigenvalue weighted by Crippen LogP contribution is -2.26. The van der Waals surface area contributed by atoms with Crippen LogP contribution in [0.25, 0.3) is 11.0 Å². The fourth-order valence-electron chi connectivity index (χ4n) is 2.47. The second-order valence-corrected chi connectivity index (χ2v) is 7.50. The van der Waals surface area contributed by atoms with Gasteiger partial charge in [0.25, 0.3) is 5.91 Å². The molecule has 3 aromatic rings. The van der Waals surface area contributed by atoms with Crippen LogP contribution in [0.3, 0.4) is 0 Å². The van der Waals surface area contributed by atoms with Crippen LogP contribution in [0.15, 0.2) is 63.9 Å². The van der Waals surface area contributed by atoms with Crippen LogP contribution < -0.4 is 10.0 Å². The first kappa shape index (κ1) is 17.2. The molecule has 6 nitrogen and oxygen atoms in total. The van der Waals surface area contributed by atoms with Crippen LogP contribution in [-0.2, 0) is 10.0 Å². The zero-order valence-electron chi connectivity index (χ0n) is 13.8. The summed E-state index contributed by atoms with van der Waals surface area (Å²) in [5, 5.41) is 3.82. The fourth-order valence-corrected chi connectivity index (χ4v) is 3.20. The number of furan rings is 1. The van der Waals surface area contributed by atoms with E-state index < -0.39 is 10.0 Å². The number of hydrogen-bond donors (Lipinski definition) is 2. The number of fused-ring (bicyclic) bond motifs is 1. The van der Waals surface area contributed by atoms with E-state index in [-0.39, 0.29) is 16.8 Å². The van der Waals surface area contributed by atoms with E-state index in [2.05, 4.69) is 10.0 Å². The first-order valence-corrected chi connectivity index (χ1v) is 9.22. The maximum atomic E-state index is 12.4. The summed E-state index contributed by atoms with van der Waals surface area (Å²) in [5.74, 6) is 0.352. The lowest BCUT2D eigenvalue weighted by Gasteiger charge is -2.11. The van der Waals surface area contributed by atoms with Crippen molar-refractivity contribution in [3.8, 4) is 0 Å². The Morgan fingerprint density at radius 3 is 2.40 bits per heavy atom. The molecule has 130 valence electrons. The third-order valence-electron chi connectivity index (χ3n) is 3.91. The molecular formula is C18H18N2O4S. The predicted molar refractivity (Wildman–Crippen MR) is 94.8 cm³/mol. The highest BCUT2D eigenvalue weighted by Crippen LogP contribution is 2.23. The van der Waals surface area contributed by atoms with E-state index >= 15 is 0 Å². The molecule has 0 bridgehead atoms. The first-order valence-electron chi connectivity index (χ1n) is 7.73. The molecule has 0 aliphatic carbocycles. The van der Waals surface area contributed by atoms with E-state index in [4.69, 9.17) is 4.42 Å². The molecule has 0 aliphatic rings. The number of nitrogens with one attached hydrogen (secondary N) is 2. The number of amides is 1. The van der Waals surface area contributed by atoms with Crippen molar-refractivity contribution in [2.45, 2.75) is 17.9 Å². The maximum Gasteiger partial charge on any atom is 0.251 e. The molecule has 0 saturated carbocycles. The standard InChI is InChI=1S/C18H18N2O4S/c1-12(17-11-14-5-3-4-6-16(14)24-17)20-18(21)13-7-9-15(10-8-13)25(22,23)19-2/h3-12,19H,1-2H3,(H,20,21)/t12-/m1/s1. The van der Waals surface area contributed by atoms with E-state index in [1.54, 1.807) is 0 Å². The quantitative estimate of drug-likeness (QED) is 0.734. The van der Waals surface area contributed by atoms with Crippen molar-refractivity contribution >= 4 is 26.9 Å². The predicted octanol–water partition coefficient (Wildman–Crippen LogP) is 2.83. The Morgan fingerprint density at radius 1 is 1.08 bits per heavy atom. The van der Waals surface area contributed by atoms with Gasteiger partial charge >= 0.3 is 0 Å². The topological polar surface area (TPSA) is 88.4 Å². The molecule has 2 N–H and O–H groups in total. The molecule has 3 rings (SSSR count).